The fraction of sp³-hybridized carbons (Fsp3) is 0.442. The van der Waals surface area contributed by atoms with Crippen LogP contribution in [0.5, 0.6) is 0 Å². The average Bonchev–Trinajstić information content (AvgIpc) is 1.59. The molecule has 0 radical (unpaired) electrons. The molecule has 0 saturated carbocycles. The van der Waals surface area contributed by atoms with Crippen LogP contribution in [-0.4, -0.2) is 168 Å². The molecule has 27 nitrogen and oxygen atoms in total. The molecule has 0 saturated heterocycles. The van der Waals surface area contributed by atoms with Gasteiger partial charge in [-0.3, -0.25) is 19.6 Å². The van der Waals surface area contributed by atoms with Crippen molar-refractivity contribution in [3.8, 4) is 0 Å². The van der Waals surface area contributed by atoms with Crippen LogP contribution in [0.3, 0.4) is 0 Å². The molecule has 0 bridgehead atoms. The summed E-state index contributed by atoms with van der Waals surface area (Å²) in [6, 6.07) is 34.5. The van der Waals surface area contributed by atoms with Crippen LogP contribution < -0.4 is 88.6 Å². The first-order valence-corrected chi connectivity index (χ1v) is 49.7. The van der Waals surface area contributed by atoms with Crippen LogP contribution in [0.25, 0.3) is 0 Å². The van der Waals surface area contributed by atoms with Crippen molar-refractivity contribution in [1.82, 2.24) is 76.8 Å². The quantitative estimate of drug-likeness (QED) is 0.00978. The first kappa shape index (κ1) is 112. The Hall–Kier alpha value is -6.42. The third kappa shape index (κ3) is 42.3. The standard InChI is InChI=1S/C36H46N6O4S2.C35H44N6O5S2.C13H21N3O3S.CH4.CH3.I2.HI.K/c1-5-32(41-35(44)42(4)21-30-23-47-34(39-30)25(2)3)33(43)38-28(18-26-12-8-6-9-13-26)16-17-29(19-27-14-10-7-11-15-27)40-36(45)46-22-31-20-37-24-48-31;1-24(2)33-38-29(22-47-33)19-41(3)34(44)40-31(20-42)32(43)37-27(16-25-10-6-4-7-11-25)14-15-28(17-26-12-8-5-9-13-26)39-35(45)46-21-30-18-36-23-48-30;1-5-10(12(17)18)15-13(19)16(4)6-9-7-20-11(14-9)8(2)3;;;1-2;;/h6-15,20,23-25,28-29,32H,5,16-19,21-22H2,1-4H3,(H,38,43)(H,40,45)(H,41,44);4-13,18,22-24,27-28,31,42H,14-17,19-21H2,1-3H3,(H,37,43)(H,39,45)(H,40,44);7-8,10H,5-6H2,1-4H3,(H,15,19)(H,17,18);1H4;1H3;;1H;/q;;;;-1;;;+1/t28-,29-,32+;27-,28-,31+;10-;;;;;/m110...../s1. The van der Waals surface area contributed by atoms with Gasteiger partial charge in [-0.15, -0.1) is 80.7 Å². The summed E-state index contributed by atoms with van der Waals surface area (Å²) in [5.74, 6) is -0.775. The van der Waals surface area contributed by atoms with Crippen LogP contribution in [0.1, 0.15) is 183 Å². The number of carbonyl (C=O) groups is 8. The van der Waals surface area contributed by atoms with Crippen molar-refractivity contribution in [1.29, 1.82) is 0 Å². The Morgan fingerprint density at radius 2 is 0.713 bits per heavy atom. The number of carboxylic acids is 1. The molecule has 662 valence electrons. The van der Waals surface area contributed by atoms with Gasteiger partial charge < -0.3 is 79.0 Å². The normalized spacial score (nSPS) is 12.2. The number of halogens is 3. The number of carbonyl (C=O) groups excluding carboxylic acids is 7. The largest absolute Gasteiger partial charge is 1.00 e. The zero-order valence-corrected chi connectivity index (χ0v) is 84.8. The molecule has 0 spiro atoms. The number of nitrogens with zero attached hydrogens (tertiary/aromatic N) is 8. The number of aliphatic hydroxyl groups is 1. The molecule has 5 aromatic heterocycles. The molecule has 0 unspecified atom stereocenters. The van der Waals surface area contributed by atoms with Crippen molar-refractivity contribution >= 4 is 166 Å². The van der Waals surface area contributed by atoms with E-state index >= 15 is 0 Å². The molecule has 10 amide bonds. The van der Waals surface area contributed by atoms with Crippen LogP contribution in [-0.2, 0) is 82.4 Å². The van der Waals surface area contributed by atoms with E-state index in [4.69, 9.17) is 14.6 Å². The number of rotatable bonds is 40. The van der Waals surface area contributed by atoms with Gasteiger partial charge in [0.25, 0.3) is 0 Å². The topological polar surface area (TPSA) is 354 Å². The number of hydrogen-bond donors (Lipinski definition) is 9. The number of urea groups is 3. The molecule has 0 aliphatic rings. The van der Waals surface area contributed by atoms with Crippen molar-refractivity contribution in [3.05, 3.63) is 232 Å². The van der Waals surface area contributed by atoms with Crippen LogP contribution in [0.2, 0.25) is 0 Å². The summed E-state index contributed by atoms with van der Waals surface area (Å²) in [6.07, 6.45) is 7.66. The second kappa shape index (κ2) is 61.9. The summed E-state index contributed by atoms with van der Waals surface area (Å²) in [6.45, 7) is 16.8. The monoisotopic (exact) mass is 2130 g/mol. The first-order valence-electron chi connectivity index (χ1n) is 39.0. The Morgan fingerprint density at radius 1 is 0.434 bits per heavy atom. The van der Waals surface area contributed by atoms with E-state index in [-0.39, 0.29) is 146 Å². The smallest absolute Gasteiger partial charge is 0.480 e. The van der Waals surface area contributed by atoms with Crippen molar-refractivity contribution < 1.29 is 109 Å². The molecule has 9 rings (SSSR count). The number of hydrogen-bond acceptors (Lipinski definition) is 21. The summed E-state index contributed by atoms with van der Waals surface area (Å²) >= 11 is 11.8. The SMILES string of the molecule is C.CC(C)c1nc(CN(C)C(=O)N[C@@H](CO)C(=O)N[C@H](CC[C@H](Cc2ccccc2)NC(=O)OCc2cncs2)Cc2ccccc2)cs1.CC[C@H](NC(=O)N(C)Cc1csc(C(C)C)n1)C(=O)N[C@H](CC[C@H](Cc1ccccc1)NC(=O)OCc1cncs1)Cc1ccccc1.CC[C@H](NC(=O)N(C)Cc1csc(C(C)C)n1)C(=O)O.I.II.[CH3-].[K+]. The van der Waals surface area contributed by atoms with E-state index in [1.54, 1.807) is 90.4 Å². The number of thiazole rings is 5. The molecule has 36 heteroatoms. The average molecular weight is 2140 g/mol. The maximum Gasteiger partial charge on any atom is 1.00 e. The summed E-state index contributed by atoms with van der Waals surface area (Å²) in [7, 11) is 4.95. The molecule has 7 atom stereocenters. The minimum atomic E-state index is -1.15. The van der Waals surface area contributed by atoms with Crippen LogP contribution in [0.15, 0.2) is 161 Å². The Bertz CT molecular complexity index is 4180. The van der Waals surface area contributed by atoms with Gasteiger partial charge in [0.1, 0.15) is 31.3 Å². The van der Waals surface area contributed by atoms with E-state index in [0.717, 1.165) is 64.1 Å². The zero-order valence-electron chi connectivity index (χ0n) is 70.9. The summed E-state index contributed by atoms with van der Waals surface area (Å²) in [5.41, 5.74) is 10.0. The van der Waals surface area contributed by atoms with E-state index in [2.05, 4.69) is 141 Å². The van der Waals surface area contributed by atoms with E-state index in [1.165, 1.54) is 32.5 Å². The number of ether oxygens (including phenoxy) is 2. The minimum absolute atomic E-state index is 0. The number of benzene rings is 4. The fourth-order valence-corrected chi connectivity index (χ4v) is 15.3. The summed E-state index contributed by atoms with van der Waals surface area (Å²) < 4.78 is 10.9. The predicted octanol–water partition coefficient (Wildman–Crippen LogP) is 14.7. The number of alkyl carbamates (subject to hydrolysis) is 2. The summed E-state index contributed by atoms with van der Waals surface area (Å²) in [5, 5.41) is 48.3. The maximum absolute atomic E-state index is 13.6. The third-order valence-electron chi connectivity index (χ3n) is 18.3. The first-order chi connectivity index (χ1) is 56.7. The number of aliphatic hydroxyl groups excluding tert-OH is 1. The minimum Gasteiger partial charge on any atom is -0.480 e. The zero-order chi connectivity index (χ0) is 85.9. The number of amides is 10. The maximum atomic E-state index is 13.6. The number of aliphatic carboxylic acids is 1. The van der Waals surface area contributed by atoms with E-state index in [1.807, 2.05) is 144 Å². The second-order valence-corrected chi connectivity index (χ2v) is 33.6. The number of nitrogens with one attached hydrogen (secondary N) is 7. The van der Waals surface area contributed by atoms with Crippen molar-refractivity contribution in [2.45, 2.75) is 220 Å². The van der Waals surface area contributed by atoms with Gasteiger partial charge in [-0.2, -0.15) is 0 Å². The molecule has 4 aromatic carbocycles. The van der Waals surface area contributed by atoms with E-state index in [0.29, 0.717) is 95.1 Å². The van der Waals surface area contributed by atoms with E-state index in [9.17, 15) is 43.5 Å². The molecule has 0 fully saturated rings. The van der Waals surface area contributed by atoms with Gasteiger partial charge in [0.2, 0.25) is 11.8 Å². The van der Waals surface area contributed by atoms with Crippen LogP contribution >= 0.6 is 118 Å². The van der Waals surface area contributed by atoms with Gasteiger partial charge in [0, 0.05) is 129 Å². The van der Waals surface area contributed by atoms with Crippen LogP contribution in [0, 0.1) is 7.43 Å². The molecule has 9 N–H and O–H groups in total. The Morgan fingerprint density at radius 3 is 0.967 bits per heavy atom. The van der Waals surface area contributed by atoms with Gasteiger partial charge >= 0.3 is 87.6 Å². The molecule has 0 aliphatic carbocycles. The molecule has 0 aliphatic heterocycles. The van der Waals surface area contributed by atoms with Gasteiger partial charge in [-0.05, 0) is 86.5 Å². The van der Waals surface area contributed by atoms with E-state index < -0.39 is 60.9 Å². The van der Waals surface area contributed by atoms with Gasteiger partial charge in [0.15, 0.2) is 0 Å². The number of carboxylic acid groups (broad SMARTS) is 1. The van der Waals surface area contributed by atoms with Crippen molar-refractivity contribution in [2.24, 2.45) is 0 Å². The summed E-state index contributed by atoms with van der Waals surface area (Å²) in [4.78, 5) is 129. The molecule has 122 heavy (non-hydrogen) atoms. The predicted molar refractivity (Wildman–Crippen MR) is 513 cm³/mol. The molecule has 9 aromatic rings. The second-order valence-electron chi connectivity index (χ2n) is 29.0. The number of aromatic nitrogens is 5. The Kier molecular flexibility index (Phi) is 56.6. The molecular weight excluding hydrogens is 2020 g/mol. The van der Waals surface area contributed by atoms with Gasteiger partial charge in [-0.1, -0.05) is 184 Å². The fourth-order valence-electron chi connectivity index (χ4n) is 11.8. The van der Waals surface area contributed by atoms with Gasteiger partial charge in [-0.25, -0.2) is 43.7 Å². The van der Waals surface area contributed by atoms with Gasteiger partial charge in [0.05, 0.1) is 79.1 Å². The van der Waals surface area contributed by atoms with Crippen LogP contribution in [0.4, 0.5) is 24.0 Å². The van der Waals surface area contributed by atoms with Crippen molar-refractivity contribution in [2.75, 3.05) is 27.7 Å². The van der Waals surface area contributed by atoms with Crippen molar-refractivity contribution in [3.63, 3.8) is 0 Å². The Balaban J connectivity index is 0.000000649. The third-order valence-corrected chi connectivity index (χ3v) is 23.4. The molecular formula is C86H119I3KN15O12S5. The molecule has 5 heterocycles. The Labute approximate surface area is 822 Å².